The number of aliphatic hydroxyl groups excluding tert-OH is 4. The third-order valence-electron chi connectivity index (χ3n) is 3.78. The second-order valence-electron chi connectivity index (χ2n) is 6.05. The molecule has 0 aromatic rings. The van der Waals surface area contributed by atoms with Gasteiger partial charge >= 0.3 is 11.9 Å². The Morgan fingerprint density at radius 2 is 1.85 bits per heavy atom. The van der Waals surface area contributed by atoms with Crippen molar-refractivity contribution in [3.8, 4) is 0 Å². The lowest BCUT2D eigenvalue weighted by molar-refractivity contribution is -0.152. The molecule has 9 nitrogen and oxygen atoms in total. The molecule has 0 saturated carbocycles. The number of esters is 2. The molecule has 0 aromatic carbocycles. The van der Waals surface area contributed by atoms with Crippen LogP contribution in [0.15, 0.2) is 11.5 Å². The summed E-state index contributed by atoms with van der Waals surface area (Å²) in [6.45, 7) is 0.348. The number of hydrogen-bond acceptors (Lipinski definition) is 9. The Morgan fingerprint density at radius 3 is 2.46 bits per heavy atom. The Bertz CT molecular complexity index is 489. The van der Waals surface area contributed by atoms with Crippen molar-refractivity contribution in [2.24, 2.45) is 0 Å². The van der Waals surface area contributed by atoms with Gasteiger partial charge in [0.05, 0.1) is 13.2 Å². The van der Waals surface area contributed by atoms with Crippen LogP contribution in [-0.2, 0) is 23.8 Å². The molecular formula is C17H28O9. The average Bonchev–Trinajstić information content (AvgIpc) is 2.94. The number of ether oxygens (including phenoxy) is 3. The first-order valence-electron chi connectivity index (χ1n) is 8.81. The van der Waals surface area contributed by atoms with E-state index in [-0.39, 0.29) is 12.2 Å². The molecule has 0 aliphatic carbocycles. The predicted octanol–water partition coefficient (Wildman–Crippen LogP) is -0.250. The highest BCUT2D eigenvalue weighted by Crippen LogP contribution is 2.28. The van der Waals surface area contributed by atoms with Gasteiger partial charge in [-0.3, -0.25) is 4.79 Å². The van der Waals surface area contributed by atoms with Gasteiger partial charge in [0.25, 0.3) is 0 Å². The first-order valence-corrected chi connectivity index (χ1v) is 8.81. The highest BCUT2D eigenvalue weighted by Gasteiger charge is 2.43. The summed E-state index contributed by atoms with van der Waals surface area (Å²) in [4.78, 5) is 23.9. The van der Waals surface area contributed by atoms with Gasteiger partial charge in [0.15, 0.2) is 6.10 Å². The molecule has 0 saturated heterocycles. The SMILES string of the molecule is CCCCCCCC(=O)OC1=C(OCC(O)CO)C(=O)O[C@@H]1[C@@H](O)CO. The van der Waals surface area contributed by atoms with Gasteiger partial charge in [0, 0.05) is 6.42 Å². The van der Waals surface area contributed by atoms with E-state index in [1.54, 1.807) is 0 Å². The molecule has 1 rings (SSSR count). The molecule has 150 valence electrons. The summed E-state index contributed by atoms with van der Waals surface area (Å²) >= 11 is 0. The minimum atomic E-state index is -1.49. The Kier molecular flexibility index (Phi) is 10.2. The monoisotopic (exact) mass is 376 g/mol. The number of hydrogen-bond donors (Lipinski definition) is 4. The lowest BCUT2D eigenvalue weighted by Gasteiger charge is -2.17. The van der Waals surface area contributed by atoms with E-state index in [4.69, 9.17) is 24.4 Å². The summed E-state index contributed by atoms with van der Waals surface area (Å²) in [6, 6.07) is 0. The van der Waals surface area contributed by atoms with Gasteiger partial charge in [0.2, 0.25) is 11.5 Å². The smallest absolute Gasteiger partial charge is 0.378 e. The lowest BCUT2D eigenvalue weighted by atomic mass is 10.1. The summed E-state index contributed by atoms with van der Waals surface area (Å²) in [5.41, 5.74) is 0. The number of carbonyl (C=O) groups is 2. The van der Waals surface area contributed by atoms with Crippen LogP contribution in [0.1, 0.15) is 45.4 Å². The zero-order valence-corrected chi connectivity index (χ0v) is 14.9. The van der Waals surface area contributed by atoms with Crippen LogP contribution < -0.4 is 0 Å². The van der Waals surface area contributed by atoms with E-state index in [9.17, 15) is 19.8 Å². The summed E-state index contributed by atoms with van der Waals surface area (Å²) in [5, 5.41) is 37.0. The fourth-order valence-electron chi connectivity index (χ4n) is 2.31. The second-order valence-corrected chi connectivity index (χ2v) is 6.05. The molecule has 26 heavy (non-hydrogen) atoms. The molecule has 9 heteroatoms. The minimum Gasteiger partial charge on any atom is -0.481 e. The fourth-order valence-corrected chi connectivity index (χ4v) is 2.31. The number of aliphatic hydroxyl groups is 4. The number of unbranched alkanes of at least 4 members (excludes halogenated alkanes) is 4. The van der Waals surface area contributed by atoms with E-state index < -0.39 is 55.8 Å². The van der Waals surface area contributed by atoms with E-state index in [2.05, 4.69) is 6.92 Å². The van der Waals surface area contributed by atoms with Crippen molar-refractivity contribution < 1.29 is 44.2 Å². The molecule has 3 atom stereocenters. The molecule has 0 bridgehead atoms. The molecule has 1 aliphatic rings. The van der Waals surface area contributed by atoms with Crippen molar-refractivity contribution in [3.63, 3.8) is 0 Å². The predicted molar refractivity (Wildman–Crippen MR) is 88.5 cm³/mol. The normalized spacial score (nSPS) is 19.3. The van der Waals surface area contributed by atoms with Crippen LogP contribution >= 0.6 is 0 Å². The molecule has 0 aromatic heterocycles. The highest BCUT2D eigenvalue weighted by atomic mass is 16.6. The zero-order chi connectivity index (χ0) is 19.5. The third-order valence-corrected chi connectivity index (χ3v) is 3.78. The number of rotatable bonds is 13. The first-order chi connectivity index (χ1) is 12.4. The van der Waals surface area contributed by atoms with Crippen LogP contribution in [0.3, 0.4) is 0 Å². The van der Waals surface area contributed by atoms with Crippen LogP contribution in [0, 0.1) is 0 Å². The van der Waals surface area contributed by atoms with Crippen LogP contribution in [0.5, 0.6) is 0 Å². The lowest BCUT2D eigenvalue weighted by Crippen LogP contribution is -2.33. The molecule has 0 fully saturated rings. The summed E-state index contributed by atoms with van der Waals surface area (Å²) in [7, 11) is 0. The number of carbonyl (C=O) groups excluding carboxylic acids is 2. The Morgan fingerprint density at radius 1 is 1.15 bits per heavy atom. The standard InChI is InChI=1S/C17H28O9/c1-2-3-4-5-6-7-13(22)25-15-14(12(21)9-19)26-17(23)16(15)24-10-11(20)8-18/h11-12,14,18-21H,2-10H2,1H3/t11?,12-,14+/m0/s1. The van der Waals surface area contributed by atoms with Crippen molar-refractivity contribution in [2.45, 2.75) is 63.8 Å². The van der Waals surface area contributed by atoms with Gasteiger partial charge in [-0.2, -0.15) is 0 Å². The van der Waals surface area contributed by atoms with Crippen LogP contribution in [-0.4, -0.2) is 70.5 Å². The second kappa shape index (κ2) is 11.8. The summed E-state index contributed by atoms with van der Waals surface area (Å²) in [5.74, 6) is -2.40. The summed E-state index contributed by atoms with van der Waals surface area (Å²) < 4.78 is 15.1. The third kappa shape index (κ3) is 6.91. The molecule has 0 spiro atoms. The average molecular weight is 376 g/mol. The largest absolute Gasteiger partial charge is 0.481 e. The Hall–Kier alpha value is -1.68. The Balaban J connectivity index is 2.76. The van der Waals surface area contributed by atoms with Crippen molar-refractivity contribution in [1.82, 2.24) is 0 Å². The topological polar surface area (TPSA) is 143 Å². The number of cyclic esters (lactones) is 1. The van der Waals surface area contributed by atoms with E-state index in [1.807, 2.05) is 0 Å². The molecule has 1 unspecified atom stereocenters. The van der Waals surface area contributed by atoms with Gasteiger partial charge in [-0.25, -0.2) is 4.79 Å². The van der Waals surface area contributed by atoms with E-state index in [0.717, 1.165) is 25.7 Å². The maximum Gasteiger partial charge on any atom is 0.378 e. The van der Waals surface area contributed by atoms with Gasteiger partial charge in [0.1, 0.15) is 18.8 Å². The van der Waals surface area contributed by atoms with E-state index in [0.29, 0.717) is 6.42 Å². The van der Waals surface area contributed by atoms with Crippen molar-refractivity contribution in [1.29, 1.82) is 0 Å². The molecule has 1 aliphatic heterocycles. The van der Waals surface area contributed by atoms with Crippen LogP contribution in [0.2, 0.25) is 0 Å². The maximum atomic E-state index is 12.0. The maximum absolute atomic E-state index is 12.0. The highest BCUT2D eigenvalue weighted by molar-refractivity contribution is 5.90. The Labute approximate surface area is 152 Å². The van der Waals surface area contributed by atoms with Gasteiger partial charge in [-0.1, -0.05) is 32.6 Å². The molecule has 1 heterocycles. The van der Waals surface area contributed by atoms with Gasteiger partial charge in [-0.15, -0.1) is 0 Å². The molecule has 4 N–H and O–H groups in total. The molecule has 0 amide bonds. The fraction of sp³-hybridized carbons (Fsp3) is 0.765. The minimum absolute atomic E-state index is 0.121. The van der Waals surface area contributed by atoms with E-state index >= 15 is 0 Å². The van der Waals surface area contributed by atoms with Crippen LogP contribution in [0.25, 0.3) is 0 Å². The van der Waals surface area contributed by atoms with Crippen molar-refractivity contribution >= 4 is 11.9 Å². The van der Waals surface area contributed by atoms with Gasteiger partial charge in [-0.05, 0) is 6.42 Å². The van der Waals surface area contributed by atoms with E-state index in [1.165, 1.54) is 0 Å². The quantitative estimate of drug-likeness (QED) is 0.253. The first kappa shape index (κ1) is 22.4. The summed E-state index contributed by atoms with van der Waals surface area (Å²) in [6.07, 6.45) is 0.667. The molecular weight excluding hydrogens is 348 g/mol. The molecule has 0 radical (unpaired) electrons. The van der Waals surface area contributed by atoms with Crippen LogP contribution in [0.4, 0.5) is 0 Å². The van der Waals surface area contributed by atoms with Crippen molar-refractivity contribution in [2.75, 3.05) is 19.8 Å². The zero-order valence-electron chi connectivity index (χ0n) is 14.9. The van der Waals surface area contributed by atoms with Gasteiger partial charge < -0.3 is 34.6 Å². The van der Waals surface area contributed by atoms with Crippen molar-refractivity contribution in [3.05, 3.63) is 11.5 Å².